The fourth-order valence-electron chi connectivity index (χ4n) is 2.38. The van der Waals surface area contributed by atoms with E-state index in [0.717, 1.165) is 31.6 Å². The molecule has 2 heterocycles. The molecule has 0 aromatic carbocycles. The Kier molecular flexibility index (Phi) is 4.65. The average Bonchev–Trinajstić information content (AvgIpc) is 2.48. The maximum atomic E-state index is 11.9. The van der Waals surface area contributed by atoms with Gasteiger partial charge in [-0.2, -0.15) is 0 Å². The molecule has 1 fully saturated rings. The molecule has 20 heavy (non-hydrogen) atoms. The van der Waals surface area contributed by atoms with Gasteiger partial charge < -0.3 is 19.9 Å². The van der Waals surface area contributed by atoms with Gasteiger partial charge in [0.2, 0.25) is 5.88 Å². The number of pyridine rings is 1. The molecule has 2 rings (SSSR count). The Bertz CT molecular complexity index is 456. The molecule has 0 unspecified atom stereocenters. The van der Waals surface area contributed by atoms with Crippen LogP contribution in [0.2, 0.25) is 0 Å². The molecule has 0 bridgehead atoms. The lowest BCUT2D eigenvalue weighted by Crippen LogP contribution is -2.46. The summed E-state index contributed by atoms with van der Waals surface area (Å²) in [6.07, 6.45) is 3.57. The first-order chi connectivity index (χ1) is 9.61. The van der Waals surface area contributed by atoms with Crippen LogP contribution in [0, 0.1) is 0 Å². The van der Waals surface area contributed by atoms with Gasteiger partial charge in [-0.05, 0) is 25.0 Å². The smallest absolute Gasteiger partial charge is 0.319 e. The number of hydrogen-bond donors (Lipinski definition) is 1. The van der Waals surface area contributed by atoms with E-state index in [1.807, 2.05) is 17.0 Å². The Morgan fingerprint density at radius 3 is 2.75 bits per heavy atom. The van der Waals surface area contributed by atoms with E-state index >= 15 is 0 Å². The van der Waals surface area contributed by atoms with Crippen LogP contribution in [0.4, 0.5) is 10.5 Å². The van der Waals surface area contributed by atoms with E-state index in [0.29, 0.717) is 11.9 Å². The Morgan fingerprint density at radius 1 is 1.45 bits per heavy atom. The number of nitrogens with one attached hydrogen (secondary N) is 1. The molecule has 0 radical (unpaired) electrons. The fraction of sp³-hybridized carbons (Fsp3) is 0.571. The van der Waals surface area contributed by atoms with E-state index in [1.165, 1.54) is 0 Å². The zero-order valence-electron chi connectivity index (χ0n) is 12.3. The van der Waals surface area contributed by atoms with E-state index < -0.39 is 0 Å². The third kappa shape index (κ3) is 3.31. The Balaban J connectivity index is 1.90. The van der Waals surface area contributed by atoms with Crippen molar-refractivity contribution in [3.63, 3.8) is 0 Å². The van der Waals surface area contributed by atoms with Crippen LogP contribution in [0.25, 0.3) is 0 Å². The maximum absolute atomic E-state index is 11.9. The number of anilines is 1. The molecule has 1 aromatic heterocycles. The Hall–Kier alpha value is -1.98. The zero-order valence-corrected chi connectivity index (χ0v) is 12.3. The van der Waals surface area contributed by atoms with E-state index in [2.05, 4.69) is 10.3 Å². The molecule has 1 saturated heterocycles. The van der Waals surface area contributed by atoms with Gasteiger partial charge >= 0.3 is 6.03 Å². The summed E-state index contributed by atoms with van der Waals surface area (Å²) in [4.78, 5) is 19.5. The molecular formula is C14H22N4O2. The summed E-state index contributed by atoms with van der Waals surface area (Å²) >= 11 is 0. The zero-order chi connectivity index (χ0) is 14.5. The van der Waals surface area contributed by atoms with Crippen LogP contribution in [-0.4, -0.2) is 61.2 Å². The van der Waals surface area contributed by atoms with Crippen molar-refractivity contribution in [2.45, 2.75) is 18.9 Å². The van der Waals surface area contributed by atoms with E-state index in [9.17, 15) is 4.79 Å². The SMILES string of the molecule is COc1ncccc1NC1CCN(C(=O)N(C)C)CC1. The summed E-state index contributed by atoms with van der Waals surface area (Å²) in [5.74, 6) is 0.610. The quantitative estimate of drug-likeness (QED) is 0.913. The van der Waals surface area contributed by atoms with Gasteiger partial charge in [0.05, 0.1) is 12.8 Å². The number of likely N-dealkylation sites (tertiary alicyclic amines) is 1. The topological polar surface area (TPSA) is 57.7 Å². The van der Waals surface area contributed by atoms with Gasteiger partial charge in [-0.1, -0.05) is 0 Å². The monoisotopic (exact) mass is 278 g/mol. The van der Waals surface area contributed by atoms with Crippen molar-refractivity contribution in [2.24, 2.45) is 0 Å². The van der Waals surface area contributed by atoms with Crippen LogP contribution in [0.15, 0.2) is 18.3 Å². The third-order valence-electron chi connectivity index (χ3n) is 3.47. The van der Waals surface area contributed by atoms with Crippen molar-refractivity contribution in [3.8, 4) is 5.88 Å². The first kappa shape index (κ1) is 14.4. The summed E-state index contributed by atoms with van der Waals surface area (Å²) < 4.78 is 5.23. The summed E-state index contributed by atoms with van der Waals surface area (Å²) in [5, 5.41) is 3.45. The Morgan fingerprint density at radius 2 is 2.15 bits per heavy atom. The lowest BCUT2D eigenvalue weighted by Gasteiger charge is -2.34. The highest BCUT2D eigenvalue weighted by Gasteiger charge is 2.24. The molecule has 6 nitrogen and oxygen atoms in total. The second-order valence-electron chi connectivity index (χ2n) is 5.14. The first-order valence-corrected chi connectivity index (χ1v) is 6.83. The summed E-state index contributed by atoms with van der Waals surface area (Å²) in [6.45, 7) is 1.55. The third-order valence-corrected chi connectivity index (χ3v) is 3.47. The predicted octanol–water partition coefficient (Wildman–Crippen LogP) is 1.65. The second kappa shape index (κ2) is 6.45. The molecule has 110 valence electrons. The largest absolute Gasteiger partial charge is 0.480 e. The molecule has 1 aromatic rings. The highest BCUT2D eigenvalue weighted by molar-refractivity contribution is 5.73. The molecular weight excluding hydrogens is 256 g/mol. The van der Waals surface area contributed by atoms with Crippen LogP contribution in [0.5, 0.6) is 5.88 Å². The second-order valence-corrected chi connectivity index (χ2v) is 5.14. The van der Waals surface area contributed by atoms with Crippen LogP contribution in [0.1, 0.15) is 12.8 Å². The minimum Gasteiger partial charge on any atom is -0.480 e. The number of piperidine rings is 1. The van der Waals surface area contributed by atoms with Crippen molar-refractivity contribution in [1.29, 1.82) is 0 Å². The minimum atomic E-state index is 0.0856. The van der Waals surface area contributed by atoms with Gasteiger partial charge in [-0.15, -0.1) is 0 Å². The Labute approximate surface area is 119 Å². The number of urea groups is 1. The number of aromatic nitrogens is 1. The van der Waals surface area contributed by atoms with E-state index in [1.54, 1.807) is 32.3 Å². The molecule has 1 aliphatic heterocycles. The molecule has 1 aliphatic rings. The number of rotatable bonds is 3. The molecule has 0 saturated carbocycles. The van der Waals surface area contributed by atoms with Gasteiger partial charge in [-0.3, -0.25) is 0 Å². The number of hydrogen-bond acceptors (Lipinski definition) is 4. The first-order valence-electron chi connectivity index (χ1n) is 6.83. The number of ether oxygens (including phenoxy) is 1. The molecule has 0 atom stereocenters. The molecule has 0 spiro atoms. The predicted molar refractivity (Wildman–Crippen MR) is 78.1 cm³/mol. The van der Waals surface area contributed by atoms with E-state index in [-0.39, 0.29) is 6.03 Å². The van der Waals surface area contributed by atoms with Crippen molar-refractivity contribution in [2.75, 3.05) is 39.6 Å². The lowest BCUT2D eigenvalue weighted by molar-refractivity contribution is 0.158. The number of carbonyl (C=O) groups is 1. The van der Waals surface area contributed by atoms with Crippen molar-refractivity contribution in [1.82, 2.24) is 14.8 Å². The number of methoxy groups -OCH3 is 1. The number of carbonyl (C=O) groups excluding carboxylic acids is 1. The van der Waals surface area contributed by atoms with Gasteiger partial charge in [-0.25, -0.2) is 9.78 Å². The van der Waals surface area contributed by atoms with Crippen molar-refractivity contribution >= 4 is 11.7 Å². The molecule has 0 aliphatic carbocycles. The van der Waals surface area contributed by atoms with Crippen molar-refractivity contribution < 1.29 is 9.53 Å². The van der Waals surface area contributed by atoms with Gasteiger partial charge in [0.1, 0.15) is 0 Å². The number of amides is 2. The molecule has 2 amide bonds. The average molecular weight is 278 g/mol. The van der Waals surface area contributed by atoms with Gasteiger partial charge in [0, 0.05) is 39.4 Å². The van der Waals surface area contributed by atoms with Crippen molar-refractivity contribution in [3.05, 3.63) is 18.3 Å². The van der Waals surface area contributed by atoms with Crippen LogP contribution in [-0.2, 0) is 0 Å². The van der Waals surface area contributed by atoms with Gasteiger partial charge in [0.15, 0.2) is 0 Å². The highest BCUT2D eigenvalue weighted by Crippen LogP contribution is 2.23. The van der Waals surface area contributed by atoms with E-state index in [4.69, 9.17) is 4.74 Å². The van der Waals surface area contributed by atoms with Crippen LogP contribution >= 0.6 is 0 Å². The summed E-state index contributed by atoms with van der Waals surface area (Å²) in [7, 11) is 5.19. The normalized spacial score (nSPS) is 15.8. The van der Waals surface area contributed by atoms with Crippen LogP contribution in [0.3, 0.4) is 0 Å². The molecule has 6 heteroatoms. The summed E-state index contributed by atoms with van der Waals surface area (Å²) in [6, 6.07) is 4.28. The van der Waals surface area contributed by atoms with Crippen LogP contribution < -0.4 is 10.1 Å². The minimum absolute atomic E-state index is 0.0856. The lowest BCUT2D eigenvalue weighted by atomic mass is 10.1. The number of nitrogens with zero attached hydrogens (tertiary/aromatic N) is 3. The summed E-state index contributed by atoms with van der Waals surface area (Å²) in [5.41, 5.74) is 0.910. The highest BCUT2D eigenvalue weighted by atomic mass is 16.5. The maximum Gasteiger partial charge on any atom is 0.319 e. The standard InChI is InChI=1S/C14H22N4O2/c1-17(2)14(19)18-9-6-11(7-10-18)16-12-5-4-8-15-13(12)20-3/h4-5,8,11,16H,6-7,9-10H2,1-3H3. The molecule has 1 N–H and O–H groups in total. The fourth-order valence-corrected chi connectivity index (χ4v) is 2.38. The van der Waals surface area contributed by atoms with Gasteiger partial charge in [0.25, 0.3) is 0 Å².